The standard InChI is InChI=1S/C38H52O3/c1-24(2)27-16-19-38(33(40)41-8)21-20-36(6)28(31(27)38)14-15-30-35(5)23-26(22-25-12-10-9-11-13-25)32(39)34(3,4)29(35)17-18-37(30,36)7/h9-13,22,27-31H,1,14-21,23H2,2-8H3/t27-,28+,29+,30+,31+,35+,36-,37-,38-/m1/s1. The maximum atomic E-state index is 14.0. The highest BCUT2D eigenvalue weighted by atomic mass is 16.5. The van der Waals surface area contributed by atoms with Gasteiger partial charge in [-0.3, -0.25) is 9.59 Å². The van der Waals surface area contributed by atoms with Crippen LogP contribution in [0.2, 0.25) is 0 Å². The summed E-state index contributed by atoms with van der Waals surface area (Å²) in [6.45, 7) is 18.9. The van der Waals surface area contributed by atoms with Crippen LogP contribution in [0.1, 0.15) is 105 Å². The summed E-state index contributed by atoms with van der Waals surface area (Å²) in [7, 11) is 1.59. The van der Waals surface area contributed by atoms with E-state index in [1.807, 2.05) is 6.07 Å². The van der Waals surface area contributed by atoms with Gasteiger partial charge < -0.3 is 4.74 Å². The fourth-order valence-corrected chi connectivity index (χ4v) is 12.4. The van der Waals surface area contributed by atoms with Gasteiger partial charge in [0.25, 0.3) is 0 Å². The molecular weight excluding hydrogens is 504 g/mol. The number of Topliss-reactive ketones (excluding diaryl/α,β-unsaturated/α-hetero) is 1. The summed E-state index contributed by atoms with van der Waals surface area (Å²) in [4.78, 5) is 27.5. The minimum atomic E-state index is -0.365. The molecule has 1 aromatic rings. The predicted molar refractivity (Wildman–Crippen MR) is 166 cm³/mol. The Morgan fingerprint density at radius 1 is 0.902 bits per heavy atom. The summed E-state index contributed by atoms with van der Waals surface area (Å²) in [6.07, 6.45) is 11.7. The first kappa shape index (κ1) is 28.9. The van der Waals surface area contributed by atoms with Crippen molar-refractivity contribution in [3.8, 4) is 0 Å². The van der Waals surface area contributed by atoms with Gasteiger partial charge in [-0.2, -0.15) is 0 Å². The number of ether oxygens (including phenoxy) is 1. The zero-order valence-electron chi connectivity index (χ0n) is 26.6. The second-order valence-corrected chi connectivity index (χ2v) is 16.1. The minimum absolute atomic E-state index is 0.0273. The van der Waals surface area contributed by atoms with Crippen LogP contribution < -0.4 is 0 Å². The molecule has 0 spiro atoms. The molecule has 5 aliphatic carbocycles. The van der Waals surface area contributed by atoms with Crippen molar-refractivity contribution in [3.05, 3.63) is 53.6 Å². The molecule has 5 aliphatic rings. The molecule has 3 heteroatoms. The van der Waals surface area contributed by atoms with Gasteiger partial charge in [0.1, 0.15) is 0 Å². The molecule has 222 valence electrons. The number of benzene rings is 1. The van der Waals surface area contributed by atoms with Crippen LogP contribution in [0.3, 0.4) is 0 Å². The molecule has 41 heavy (non-hydrogen) atoms. The van der Waals surface area contributed by atoms with E-state index in [1.54, 1.807) is 7.11 Å². The van der Waals surface area contributed by atoms with E-state index >= 15 is 0 Å². The normalized spacial score (nSPS) is 45.7. The largest absolute Gasteiger partial charge is 0.469 e. The zero-order chi connectivity index (χ0) is 29.6. The number of esters is 1. The number of ketones is 1. The van der Waals surface area contributed by atoms with Crippen LogP contribution in [-0.2, 0) is 14.3 Å². The molecule has 1 aromatic carbocycles. The Kier molecular flexibility index (Phi) is 6.65. The van der Waals surface area contributed by atoms with E-state index in [4.69, 9.17) is 4.74 Å². The minimum Gasteiger partial charge on any atom is -0.469 e. The molecule has 3 nitrogen and oxygen atoms in total. The molecule has 9 atom stereocenters. The lowest BCUT2D eigenvalue weighted by atomic mass is 9.32. The van der Waals surface area contributed by atoms with Gasteiger partial charge >= 0.3 is 5.97 Å². The average molecular weight is 557 g/mol. The summed E-state index contributed by atoms with van der Waals surface area (Å²) in [5.74, 6) is 2.55. The van der Waals surface area contributed by atoms with E-state index in [9.17, 15) is 9.59 Å². The Labute approximate surface area is 248 Å². The number of carbonyl (C=O) groups excluding carboxylic acids is 2. The van der Waals surface area contributed by atoms with Gasteiger partial charge in [0, 0.05) is 5.41 Å². The van der Waals surface area contributed by atoms with Gasteiger partial charge in [-0.1, -0.05) is 77.1 Å². The number of hydrogen-bond acceptors (Lipinski definition) is 3. The van der Waals surface area contributed by atoms with Gasteiger partial charge in [0.15, 0.2) is 5.78 Å². The number of hydrogen-bond donors (Lipinski definition) is 0. The van der Waals surface area contributed by atoms with Crippen LogP contribution in [0.15, 0.2) is 48.1 Å². The van der Waals surface area contributed by atoms with Crippen LogP contribution in [0.5, 0.6) is 0 Å². The predicted octanol–water partition coefficient (Wildman–Crippen LogP) is 9.08. The van der Waals surface area contributed by atoms with Crippen molar-refractivity contribution in [1.29, 1.82) is 0 Å². The summed E-state index contributed by atoms with van der Waals surface area (Å²) in [5.41, 5.74) is 3.06. The highest BCUT2D eigenvalue weighted by molar-refractivity contribution is 6.04. The smallest absolute Gasteiger partial charge is 0.312 e. The van der Waals surface area contributed by atoms with Crippen molar-refractivity contribution in [2.75, 3.05) is 7.11 Å². The van der Waals surface area contributed by atoms with Crippen molar-refractivity contribution < 1.29 is 14.3 Å². The second kappa shape index (κ2) is 9.42. The molecule has 6 rings (SSSR count). The van der Waals surface area contributed by atoms with Crippen LogP contribution >= 0.6 is 0 Å². The van der Waals surface area contributed by atoms with E-state index in [0.717, 1.165) is 49.7 Å². The topological polar surface area (TPSA) is 43.4 Å². The number of carbonyl (C=O) groups is 2. The first-order valence-corrected chi connectivity index (χ1v) is 16.3. The molecule has 0 saturated heterocycles. The first-order chi connectivity index (χ1) is 19.3. The lowest BCUT2D eigenvalue weighted by Crippen LogP contribution is -2.67. The summed E-state index contributed by atoms with van der Waals surface area (Å²) in [6, 6.07) is 10.4. The quantitative estimate of drug-likeness (QED) is 0.212. The van der Waals surface area contributed by atoms with Gasteiger partial charge in [0.05, 0.1) is 12.5 Å². The van der Waals surface area contributed by atoms with Crippen molar-refractivity contribution in [3.63, 3.8) is 0 Å². The highest BCUT2D eigenvalue weighted by Crippen LogP contribution is 2.77. The molecule has 0 heterocycles. The molecule has 0 radical (unpaired) electrons. The summed E-state index contributed by atoms with van der Waals surface area (Å²) in [5, 5.41) is 0. The third-order valence-corrected chi connectivity index (χ3v) is 14.4. The van der Waals surface area contributed by atoms with Crippen molar-refractivity contribution in [2.45, 2.75) is 99.3 Å². The SMILES string of the molecule is C=C(C)[C@H]1CC[C@@]2(C(=O)OC)CC[C@]3(C)[C@@H](CC[C@H]4[C@@]5(C)CC(=Cc6ccccc6)C(=O)C(C)(C)[C@@H]5CC[C@]43C)[C@H]12. The van der Waals surface area contributed by atoms with E-state index in [-0.39, 0.29) is 33.0 Å². The maximum absolute atomic E-state index is 14.0. The summed E-state index contributed by atoms with van der Waals surface area (Å²) >= 11 is 0. The fraction of sp³-hybridized carbons (Fsp3) is 0.684. The van der Waals surface area contributed by atoms with Crippen LogP contribution in [0.4, 0.5) is 0 Å². The fourth-order valence-electron chi connectivity index (χ4n) is 12.4. The highest BCUT2D eigenvalue weighted by Gasteiger charge is 2.72. The molecule has 5 saturated carbocycles. The van der Waals surface area contributed by atoms with Gasteiger partial charge in [-0.25, -0.2) is 0 Å². The molecule has 0 aromatic heterocycles. The Balaban J connectivity index is 1.42. The molecule has 5 fully saturated rings. The van der Waals surface area contributed by atoms with Crippen LogP contribution in [0, 0.1) is 56.7 Å². The Morgan fingerprint density at radius 2 is 1.61 bits per heavy atom. The monoisotopic (exact) mass is 556 g/mol. The number of methoxy groups -OCH3 is 1. The molecule has 0 unspecified atom stereocenters. The van der Waals surface area contributed by atoms with E-state index < -0.39 is 0 Å². The van der Waals surface area contributed by atoms with Crippen molar-refractivity contribution >= 4 is 17.8 Å². The first-order valence-electron chi connectivity index (χ1n) is 16.3. The lowest BCUT2D eigenvalue weighted by Gasteiger charge is -2.72. The molecule has 0 amide bonds. The van der Waals surface area contributed by atoms with E-state index in [2.05, 4.69) is 78.5 Å². The van der Waals surface area contributed by atoms with Crippen LogP contribution in [-0.4, -0.2) is 18.9 Å². The third-order valence-electron chi connectivity index (χ3n) is 14.4. The molecule has 0 N–H and O–H groups in total. The van der Waals surface area contributed by atoms with Crippen LogP contribution in [0.25, 0.3) is 6.08 Å². The van der Waals surface area contributed by atoms with Gasteiger partial charge in [0.2, 0.25) is 0 Å². The number of allylic oxidation sites excluding steroid dienone is 2. The Bertz CT molecular complexity index is 1290. The van der Waals surface area contributed by atoms with Gasteiger partial charge in [-0.15, -0.1) is 0 Å². The lowest BCUT2D eigenvalue weighted by molar-refractivity contribution is -0.232. The van der Waals surface area contributed by atoms with Gasteiger partial charge in [-0.05, 0) is 128 Å². The third kappa shape index (κ3) is 3.75. The van der Waals surface area contributed by atoms with Crippen molar-refractivity contribution in [1.82, 2.24) is 0 Å². The zero-order valence-corrected chi connectivity index (χ0v) is 26.6. The van der Waals surface area contributed by atoms with Crippen molar-refractivity contribution in [2.24, 2.45) is 56.7 Å². The maximum Gasteiger partial charge on any atom is 0.312 e. The molecule has 0 aliphatic heterocycles. The molecular formula is C38H52O3. The molecule has 0 bridgehead atoms. The summed E-state index contributed by atoms with van der Waals surface area (Å²) < 4.78 is 5.54. The number of rotatable bonds is 3. The Hall–Kier alpha value is -2.16. The second-order valence-electron chi connectivity index (χ2n) is 16.1. The van der Waals surface area contributed by atoms with E-state index in [1.165, 1.54) is 24.8 Å². The Morgan fingerprint density at radius 3 is 2.27 bits per heavy atom. The van der Waals surface area contributed by atoms with E-state index in [0.29, 0.717) is 35.4 Å². The number of fused-ring (bicyclic) bond motifs is 7. The average Bonchev–Trinajstić information content (AvgIpc) is 3.33.